The Labute approximate surface area is 124 Å². The Kier molecular flexibility index (Phi) is 4.08. The van der Waals surface area contributed by atoms with Gasteiger partial charge >= 0.3 is 0 Å². The largest absolute Gasteiger partial charge is 0.351 e. The first-order valence-electron chi connectivity index (χ1n) is 7.56. The number of rotatable bonds is 3. The third-order valence-corrected chi connectivity index (χ3v) is 5.68. The molecule has 110 valence electrons. The fourth-order valence-electron chi connectivity index (χ4n) is 3.13. The van der Waals surface area contributed by atoms with Crippen molar-refractivity contribution in [3.8, 4) is 0 Å². The minimum Gasteiger partial charge on any atom is -0.351 e. The van der Waals surface area contributed by atoms with E-state index in [2.05, 4.69) is 28.9 Å². The van der Waals surface area contributed by atoms with Gasteiger partial charge in [0.2, 0.25) is 0 Å². The van der Waals surface area contributed by atoms with Gasteiger partial charge in [0, 0.05) is 24.9 Å². The molecule has 1 saturated heterocycles. The van der Waals surface area contributed by atoms with Crippen molar-refractivity contribution >= 4 is 22.3 Å². The number of fused-ring (bicyclic) bond motifs is 1. The van der Waals surface area contributed by atoms with Crippen LogP contribution in [0.5, 0.6) is 0 Å². The number of piperidine rings is 1. The average Bonchev–Trinajstić information content (AvgIpc) is 2.87. The minimum absolute atomic E-state index is 0.237. The lowest BCUT2D eigenvalue weighted by molar-refractivity contribution is 0.0968. The lowest BCUT2D eigenvalue weighted by atomic mass is 9.97. The number of carbonyl (C=O) groups excluding carboxylic acids is 1. The van der Waals surface area contributed by atoms with Gasteiger partial charge in [0.25, 0.3) is 0 Å². The van der Waals surface area contributed by atoms with Crippen molar-refractivity contribution in [1.29, 1.82) is 0 Å². The Hall–Kier alpha value is -0.940. The van der Waals surface area contributed by atoms with E-state index in [9.17, 15) is 4.79 Å². The van der Waals surface area contributed by atoms with Gasteiger partial charge in [0.1, 0.15) is 5.69 Å². The Bertz CT molecular complexity index is 491. The number of carbonyl (C=O) groups is 1. The van der Waals surface area contributed by atoms with Crippen molar-refractivity contribution in [1.82, 2.24) is 9.88 Å². The maximum Gasteiger partial charge on any atom is 0.185 e. The Morgan fingerprint density at radius 1 is 1.35 bits per heavy atom. The Morgan fingerprint density at radius 3 is 2.80 bits per heavy atom. The molecule has 2 aliphatic rings. The van der Waals surface area contributed by atoms with E-state index >= 15 is 0 Å². The number of nitrogens with zero attached hydrogens (tertiary/aromatic N) is 3. The first kappa shape index (κ1) is 14.0. The number of Topliss-reactive ketones (excluding diaryl/α,β-unsaturated/α-hetero) is 1. The van der Waals surface area contributed by atoms with E-state index in [1.54, 1.807) is 11.3 Å². The Balaban J connectivity index is 1.65. The van der Waals surface area contributed by atoms with Crippen LogP contribution in [0, 0.1) is 5.92 Å². The highest BCUT2D eigenvalue weighted by Gasteiger charge is 2.25. The molecule has 0 atom stereocenters. The number of hydrogen-bond donors (Lipinski definition) is 0. The number of likely N-dealkylation sites (tertiary alicyclic amines) is 1. The van der Waals surface area contributed by atoms with Gasteiger partial charge in [-0.1, -0.05) is 0 Å². The molecular formula is C15H23N3OS. The fraction of sp³-hybridized carbons (Fsp3) is 0.733. The summed E-state index contributed by atoms with van der Waals surface area (Å²) in [5, 5.41) is 1.03. The van der Waals surface area contributed by atoms with Gasteiger partial charge in [0.15, 0.2) is 10.9 Å². The van der Waals surface area contributed by atoms with Crippen LogP contribution in [-0.4, -0.2) is 49.4 Å². The second-order valence-corrected chi connectivity index (χ2v) is 7.23. The number of aryl methyl sites for hydroxylation is 1. The molecule has 1 aliphatic carbocycles. The molecule has 0 saturated carbocycles. The summed E-state index contributed by atoms with van der Waals surface area (Å²) in [5.74, 6) is 0.995. The zero-order valence-corrected chi connectivity index (χ0v) is 13.2. The van der Waals surface area contributed by atoms with Crippen LogP contribution in [0.2, 0.25) is 0 Å². The van der Waals surface area contributed by atoms with Gasteiger partial charge in [-0.15, -0.1) is 11.3 Å². The molecule has 4 nitrogen and oxygen atoms in total. The maximum atomic E-state index is 11.9. The smallest absolute Gasteiger partial charge is 0.185 e. The predicted octanol–water partition coefficient (Wildman–Crippen LogP) is 2.44. The monoisotopic (exact) mass is 293 g/mol. The fourth-order valence-corrected chi connectivity index (χ4v) is 4.22. The molecule has 0 spiro atoms. The van der Waals surface area contributed by atoms with Crippen molar-refractivity contribution in [3.05, 3.63) is 10.6 Å². The van der Waals surface area contributed by atoms with E-state index < -0.39 is 0 Å². The van der Waals surface area contributed by atoms with Crippen LogP contribution in [0.25, 0.3) is 0 Å². The molecule has 2 heterocycles. The summed E-state index contributed by atoms with van der Waals surface area (Å²) in [5.41, 5.74) is 0.756. The van der Waals surface area contributed by atoms with Gasteiger partial charge in [-0.25, -0.2) is 4.98 Å². The van der Waals surface area contributed by atoms with Gasteiger partial charge < -0.3 is 9.80 Å². The summed E-state index contributed by atoms with van der Waals surface area (Å²) in [7, 11) is 4.31. The van der Waals surface area contributed by atoms with Crippen molar-refractivity contribution in [2.24, 2.45) is 5.92 Å². The van der Waals surface area contributed by atoms with Crippen LogP contribution in [0.3, 0.4) is 0 Å². The number of aromatic nitrogens is 1. The first-order chi connectivity index (χ1) is 9.63. The zero-order valence-electron chi connectivity index (χ0n) is 12.4. The third-order valence-electron chi connectivity index (χ3n) is 4.45. The second-order valence-electron chi connectivity index (χ2n) is 6.17. The maximum absolute atomic E-state index is 11.9. The number of anilines is 1. The molecular weight excluding hydrogens is 270 g/mol. The van der Waals surface area contributed by atoms with Gasteiger partial charge in [-0.2, -0.15) is 0 Å². The standard InChI is InChI=1S/C15H23N3OS/c1-17-8-6-11(7-9-17)10-18(2)15-16-14-12(19)4-3-5-13(14)20-15/h11H,3-10H2,1-2H3. The van der Waals surface area contributed by atoms with Crippen LogP contribution in [-0.2, 0) is 6.42 Å². The van der Waals surface area contributed by atoms with Crippen LogP contribution in [0.15, 0.2) is 0 Å². The lowest BCUT2D eigenvalue weighted by Crippen LogP contribution is -2.35. The topological polar surface area (TPSA) is 36.4 Å². The van der Waals surface area contributed by atoms with Crippen LogP contribution < -0.4 is 4.90 Å². The highest BCUT2D eigenvalue weighted by atomic mass is 32.1. The van der Waals surface area contributed by atoms with E-state index in [1.165, 1.54) is 30.8 Å². The van der Waals surface area contributed by atoms with E-state index in [1.807, 2.05) is 0 Å². The Morgan fingerprint density at radius 2 is 2.10 bits per heavy atom. The molecule has 0 amide bonds. The molecule has 5 heteroatoms. The normalized spacial score (nSPS) is 21.0. The molecule has 1 aromatic rings. The number of thiazole rings is 1. The van der Waals surface area contributed by atoms with Gasteiger partial charge in [-0.05, 0) is 51.7 Å². The molecule has 0 unspecified atom stereocenters. The van der Waals surface area contributed by atoms with Crippen LogP contribution >= 0.6 is 11.3 Å². The number of hydrogen-bond acceptors (Lipinski definition) is 5. The van der Waals surface area contributed by atoms with Crippen molar-refractivity contribution in [3.63, 3.8) is 0 Å². The summed E-state index contributed by atoms with van der Waals surface area (Å²) in [6, 6.07) is 0. The molecule has 3 rings (SSSR count). The SMILES string of the molecule is CN1CCC(CN(C)c2nc3c(s2)CCCC3=O)CC1. The molecule has 20 heavy (non-hydrogen) atoms. The molecule has 1 aromatic heterocycles. The minimum atomic E-state index is 0.237. The quantitative estimate of drug-likeness (QED) is 0.857. The summed E-state index contributed by atoms with van der Waals surface area (Å²) in [6.45, 7) is 3.46. The van der Waals surface area contributed by atoms with Crippen molar-refractivity contribution < 1.29 is 4.79 Å². The van der Waals surface area contributed by atoms with E-state index in [-0.39, 0.29) is 5.78 Å². The predicted molar refractivity (Wildman–Crippen MR) is 82.9 cm³/mol. The number of ketones is 1. The summed E-state index contributed by atoms with van der Waals surface area (Å²) < 4.78 is 0. The first-order valence-corrected chi connectivity index (χ1v) is 8.37. The summed E-state index contributed by atoms with van der Waals surface area (Å²) in [6.07, 6.45) is 5.23. The van der Waals surface area contributed by atoms with Gasteiger partial charge in [-0.3, -0.25) is 4.79 Å². The lowest BCUT2D eigenvalue weighted by Gasteiger charge is -2.31. The molecule has 1 fully saturated rings. The molecule has 1 aliphatic heterocycles. The molecule has 0 radical (unpaired) electrons. The van der Waals surface area contributed by atoms with Gasteiger partial charge in [0.05, 0.1) is 0 Å². The van der Waals surface area contributed by atoms with E-state index in [0.29, 0.717) is 6.42 Å². The summed E-state index contributed by atoms with van der Waals surface area (Å²) in [4.78, 5) is 22.3. The van der Waals surface area contributed by atoms with Crippen LogP contribution in [0.4, 0.5) is 5.13 Å². The average molecular weight is 293 g/mol. The summed E-state index contributed by atoms with van der Waals surface area (Å²) >= 11 is 1.72. The zero-order chi connectivity index (χ0) is 14.1. The third kappa shape index (κ3) is 2.88. The van der Waals surface area contributed by atoms with Crippen LogP contribution in [0.1, 0.15) is 41.0 Å². The van der Waals surface area contributed by atoms with E-state index in [4.69, 9.17) is 0 Å². The van der Waals surface area contributed by atoms with Crippen molar-refractivity contribution in [2.75, 3.05) is 38.6 Å². The highest BCUT2D eigenvalue weighted by molar-refractivity contribution is 7.16. The second kappa shape index (κ2) is 5.82. The van der Waals surface area contributed by atoms with Crippen molar-refractivity contribution in [2.45, 2.75) is 32.1 Å². The molecule has 0 N–H and O–H groups in total. The highest BCUT2D eigenvalue weighted by Crippen LogP contribution is 2.32. The van der Waals surface area contributed by atoms with E-state index in [0.717, 1.165) is 36.1 Å². The molecule has 0 aromatic carbocycles. The molecule has 0 bridgehead atoms.